The zero-order chi connectivity index (χ0) is 17.4. The minimum Gasteiger partial charge on any atom is -0.373 e. The monoisotopic (exact) mass is 333 g/mol. The van der Waals surface area contributed by atoms with Crippen molar-refractivity contribution in [3.05, 3.63) is 30.1 Å². The molecule has 5 nitrogen and oxygen atoms in total. The minimum absolute atomic E-state index is 0.0121. The second-order valence-electron chi connectivity index (χ2n) is 7.06. The van der Waals surface area contributed by atoms with Crippen LogP contribution in [0.5, 0.6) is 0 Å². The van der Waals surface area contributed by atoms with Crippen molar-refractivity contribution in [3.63, 3.8) is 0 Å². The van der Waals surface area contributed by atoms with Gasteiger partial charge in [-0.1, -0.05) is 39.5 Å². The van der Waals surface area contributed by atoms with Crippen molar-refractivity contribution >= 4 is 5.91 Å². The first kappa shape index (κ1) is 18.9. The minimum atomic E-state index is -0.917. The SMILES string of the molecule is CCCCC[C@H]1CCC(C(=O)NN[C@@H](O)c2ccncc2)C[C@H]1C. The molecule has 0 bridgehead atoms. The van der Waals surface area contributed by atoms with Crippen molar-refractivity contribution in [2.45, 2.75) is 65.0 Å². The van der Waals surface area contributed by atoms with Gasteiger partial charge in [0.15, 0.2) is 0 Å². The Morgan fingerprint density at radius 2 is 2.08 bits per heavy atom. The lowest BCUT2D eigenvalue weighted by Crippen LogP contribution is -2.44. The standard InChI is InChI=1S/C19H31N3O2/c1-3-4-5-6-15-7-8-17(13-14(15)2)19(24)22-21-18(23)16-9-11-20-12-10-16/h9-12,14-15,17-18,21,23H,3-8,13H2,1-2H3,(H,22,24)/t14-,15+,17?,18+/m1/s1. The van der Waals surface area contributed by atoms with Gasteiger partial charge in [-0.05, 0) is 48.8 Å². The van der Waals surface area contributed by atoms with Crippen molar-refractivity contribution in [3.8, 4) is 0 Å². The molecule has 4 atom stereocenters. The number of aromatic nitrogens is 1. The average Bonchev–Trinajstić information content (AvgIpc) is 2.61. The highest BCUT2D eigenvalue weighted by atomic mass is 16.3. The van der Waals surface area contributed by atoms with Crippen LogP contribution in [0.2, 0.25) is 0 Å². The molecule has 0 spiro atoms. The number of nitrogens with zero attached hydrogens (tertiary/aromatic N) is 1. The third-order valence-corrected chi connectivity index (χ3v) is 5.25. The molecule has 1 aromatic rings. The lowest BCUT2D eigenvalue weighted by molar-refractivity contribution is -0.129. The summed E-state index contributed by atoms with van der Waals surface area (Å²) in [5.41, 5.74) is 6.05. The highest BCUT2D eigenvalue weighted by molar-refractivity contribution is 5.78. The van der Waals surface area contributed by atoms with E-state index in [1.165, 1.54) is 25.7 Å². The zero-order valence-corrected chi connectivity index (χ0v) is 14.9. The number of amides is 1. The fraction of sp³-hybridized carbons (Fsp3) is 0.684. The molecule has 3 N–H and O–H groups in total. The van der Waals surface area contributed by atoms with Crippen LogP contribution in [0.3, 0.4) is 0 Å². The van der Waals surface area contributed by atoms with Gasteiger partial charge in [0.1, 0.15) is 6.23 Å². The lowest BCUT2D eigenvalue weighted by atomic mass is 9.73. The van der Waals surface area contributed by atoms with Crippen molar-refractivity contribution in [2.75, 3.05) is 0 Å². The van der Waals surface area contributed by atoms with E-state index < -0.39 is 6.23 Å². The van der Waals surface area contributed by atoms with Gasteiger partial charge in [0.05, 0.1) is 0 Å². The van der Waals surface area contributed by atoms with E-state index in [1.807, 2.05) is 0 Å². The predicted molar refractivity (Wildman–Crippen MR) is 94.6 cm³/mol. The van der Waals surface area contributed by atoms with E-state index in [-0.39, 0.29) is 11.8 Å². The molecule has 0 aliphatic heterocycles. The van der Waals surface area contributed by atoms with Gasteiger partial charge >= 0.3 is 0 Å². The number of hydrogen-bond donors (Lipinski definition) is 3. The Bertz CT molecular complexity index is 495. The Hall–Kier alpha value is -1.46. The van der Waals surface area contributed by atoms with Crippen LogP contribution in [0, 0.1) is 17.8 Å². The van der Waals surface area contributed by atoms with Crippen LogP contribution < -0.4 is 10.9 Å². The van der Waals surface area contributed by atoms with Crippen molar-refractivity contribution in [2.24, 2.45) is 17.8 Å². The number of pyridine rings is 1. The van der Waals surface area contributed by atoms with E-state index in [1.54, 1.807) is 24.5 Å². The summed E-state index contributed by atoms with van der Waals surface area (Å²) in [5, 5.41) is 10.0. The van der Waals surface area contributed by atoms with Crippen molar-refractivity contribution < 1.29 is 9.90 Å². The Kier molecular flexibility index (Phi) is 7.66. The van der Waals surface area contributed by atoms with Crippen molar-refractivity contribution in [1.29, 1.82) is 0 Å². The summed E-state index contributed by atoms with van der Waals surface area (Å²) in [6.07, 6.45) is 10.5. The van der Waals surface area contributed by atoms with Crippen LogP contribution in [0.1, 0.15) is 70.6 Å². The molecular formula is C19H31N3O2. The van der Waals surface area contributed by atoms with Gasteiger partial charge in [-0.15, -0.1) is 0 Å². The van der Waals surface area contributed by atoms with Crippen molar-refractivity contribution in [1.82, 2.24) is 15.8 Å². The maximum Gasteiger partial charge on any atom is 0.237 e. The fourth-order valence-corrected chi connectivity index (χ4v) is 3.65. The number of aliphatic hydroxyl groups excluding tert-OH is 1. The molecule has 1 aliphatic rings. The number of nitrogens with one attached hydrogen (secondary N) is 2. The van der Waals surface area contributed by atoms with Crippen LogP contribution in [-0.4, -0.2) is 16.0 Å². The summed E-state index contributed by atoms with van der Waals surface area (Å²) in [4.78, 5) is 16.3. The van der Waals surface area contributed by atoms with Gasteiger partial charge in [0.25, 0.3) is 0 Å². The first-order chi connectivity index (χ1) is 11.6. The van der Waals surface area contributed by atoms with Crippen LogP contribution in [0.15, 0.2) is 24.5 Å². The van der Waals surface area contributed by atoms with E-state index in [4.69, 9.17) is 0 Å². The van der Waals surface area contributed by atoms with E-state index in [0.29, 0.717) is 11.5 Å². The topological polar surface area (TPSA) is 74.2 Å². The first-order valence-electron chi connectivity index (χ1n) is 9.25. The smallest absolute Gasteiger partial charge is 0.237 e. The number of carbonyl (C=O) groups excluding carboxylic acids is 1. The van der Waals surface area contributed by atoms with Gasteiger partial charge in [0, 0.05) is 18.3 Å². The molecule has 1 heterocycles. The summed E-state index contributed by atoms with van der Waals surface area (Å²) >= 11 is 0. The van der Waals surface area contributed by atoms with Gasteiger partial charge in [-0.25, -0.2) is 5.43 Å². The summed E-state index contributed by atoms with van der Waals surface area (Å²) in [6.45, 7) is 4.51. The summed E-state index contributed by atoms with van der Waals surface area (Å²) in [5.74, 6) is 1.38. The van der Waals surface area contributed by atoms with E-state index >= 15 is 0 Å². The summed E-state index contributed by atoms with van der Waals surface area (Å²) in [6, 6.07) is 3.43. The second kappa shape index (κ2) is 9.74. The molecule has 1 aromatic heterocycles. The third kappa shape index (κ3) is 5.56. The molecule has 2 rings (SSSR count). The quantitative estimate of drug-likeness (QED) is 0.387. The molecule has 0 radical (unpaired) electrons. The Balaban J connectivity index is 1.74. The number of hydrogen-bond acceptors (Lipinski definition) is 4. The summed E-state index contributed by atoms with van der Waals surface area (Å²) in [7, 11) is 0. The van der Waals surface area contributed by atoms with Gasteiger partial charge in [-0.3, -0.25) is 15.2 Å². The Labute approximate surface area is 145 Å². The number of unbranched alkanes of at least 4 members (excludes halogenated alkanes) is 2. The second-order valence-corrected chi connectivity index (χ2v) is 7.06. The van der Waals surface area contributed by atoms with Crippen LogP contribution >= 0.6 is 0 Å². The van der Waals surface area contributed by atoms with Crippen LogP contribution in [-0.2, 0) is 4.79 Å². The molecule has 134 valence electrons. The van der Waals surface area contributed by atoms with Gasteiger partial charge in [-0.2, -0.15) is 0 Å². The molecule has 1 amide bonds. The van der Waals surface area contributed by atoms with Gasteiger partial charge in [0.2, 0.25) is 5.91 Å². The Morgan fingerprint density at radius 3 is 2.75 bits per heavy atom. The first-order valence-corrected chi connectivity index (χ1v) is 9.25. The summed E-state index contributed by atoms with van der Waals surface area (Å²) < 4.78 is 0. The highest BCUT2D eigenvalue weighted by Crippen LogP contribution is 2.36. The van der Waals surface area contributed by atoms with E-state index in [2.05, 4.69) is 29.7 Å². The molecule has 1 aliphatic carbocycles. The molecule has 1 fully saturated rings. The molecule has 0 aromatic carbocycles. The molecule has 1 saturated carbocycles. The predicted octanol–water partition coefficient (Wildman–Crippen LogP) is 3.33. The number of hydrazine groups is 1. The average molecular weight is 333 g/mol. The molecule has 1 unspecified atom stereocenters. The largest absolute Gasteiger partial charge is 0.373 e. The molecular weight excluding hydrogens is 302 g/mol. The number of aliphatic hydroxyl groups is 1. The molecule has 5 heteroatoms. The lowest BCUT2D eigenvalue weighted by Gasteiger charge is -2.33. The Morgan fingerprint density at radius 1 is 1.33 bits per heavy atom. The normalized spacial score (nSPS) is 25.2. The van der Waals surface area contributed by atoms with E-state index in [0.717, 1.165) is 25.2 Å². The van der Waals surface area contributed by atoms with Gasteiger partial charge < -0.3 is 5.11 Å². The number of rotatable bonds is 8. The third-order valence-electron chi connectivity index (χ3n) is 5.25. The van der Waals surface area contributed by atoms with E-state index in [9.17, 15) is 9.90 Å². The maximum absolute atomic E-state index is 12.3. The fourth-order valence-electron chi connectivity index (χ4n) is 3.65. The maximum atomic E-state index is 12.3. The molecule has 24 heavy (non-hydrogen) atoms. The number of carbonyl (C=O) groups is 1. The van der Waals surface area contributed by atoms with Crippen LogP contribution in [0.4, 0.5) is 0 Å². The molecule has 0 saturated heterocycles. The zero-order valence-electron chi connectivity index (χ0n) is 14.9. The highest BCUT2D eigenvalue weighted by Gasteiger charge is 2.31. The van der Waals surface area contributed by atoms with Crippen LogP contribution in [0.25, 0.3) is 0 Å².